The Morgan fingerprint density at radius 3 is 2.28 bits per heavy atom. The molecule has 1 aromatic carbocycles. The minimum atomic E-state index is -0.856. The van der Waals surface area contributed by atoms with E-state index in [2.05, 4.69) is 9.80 Å². The molecule has 0 unspecified atom stereocenters. The molecule has 2 atom stereocenters. The second kappa shape index (κ2) is 7.08. The average molecular weight is 342 g/mol. The summed E-state index contributed by atoms with van der Waals surface area (Å²) in [6, 6.07) is 10.0. The molecule has 1 aromatic rings. The molecular weight excluding hydrogens is 312 g/mol. The summed E-state index contributed by atoms with van der Waals surface area (Å²) in [5.41, 5.74) is 0.117. The molecule has 4 saturated heterocycles. The van der Waals surface area contributed by atoms with Gasteiger partial charge in [0, 0.05) is 6.54 Å². The molecule has 25 heavy (non-hydrogen) atoms. The van der Waals surface area contributed by atoms with Crippen molar-refractivity contribution in [3.05, 3.63) is 35.9 Å². The van der Waals surface area contributed by atoms with Crippen LogP contribution in [0.5, 0.6) is 0 Å². The Morgan fingerprint density at radius 1 is 1.04 bits per heavy atom. The number of hydrogen-bond acceptors (Lipinski definition) is 3. The highest BCUT2D eigenvalue weighted by Crippen LogP contribution is 2.43. The summed E-state index contributed by atoms with van der Waals surface area (Å²) in [7, 11) is 0. The summed E-state index contributed by atoms with van der Waals surface area (Å²) >= 11 is 0. The van der Waals surface area contributed by atoms with Crippen LogP contribution >= 0.6 is 0 Å². The molecule has 4 aliphatic rings. The lowest BCUT2D eigenvalue weighted by Gasteiger charge is -2.50. The molecule has 0 radical (unpaired) electrons. The molecule has 4 heterocycles. The van der Waals surface area contributed by atoms with Gasteiger partial charge in [0.2, 0.25) is 0 Å². The second-order valence-corrected chi connectivity index (χ2v) is 8.18. The molecule has 136 valence electrons. The number of hydrogen-bond donors (Lipinski definition) is 1. The van der Waals surface area contributed by atoms with Gasteiger partial charge in [-0.3, -0.25) is 4.90 Å². The molecule has 4 aliphatic heterocycles. The Morgan fingerprint density at radius 2 is 1.72 bits per heavy atom. The quantitative estimate of drug-likeness (QED) is 0.892. The van der Waals surface area contributed by atoms with Crippen LogP contribution in [0.3, 0.4) is 0 Å². The zero-order valence-corrected chi connectivity index (χ0v) is 15.1. The molecule has 4 heteroatoms. The second-order valence-electron chi connectivity index (χ2n) is 8.18. The van der Waals surface area contributed by atoms with E-state index in [0.29, 0.717) is 11.8 Å². The van der Waals surface area contributed by atoms with Crippen LogP contribution in [-0.4, -0.2) is 53.6 Å². The van der Waals surface area contributed by atoms with Gasteiger partial charge in [0.1, 0.15) is 5.54 Å². The first-order chi connectivity index (χ1) is 12.2. The van der Waals surface area contributed by atoms with Crippen LogP contribution in [0, 0.1) is 11.8 Å². The predicted molar refractivity (Wildman–Crippen MR) is 98.5 cm³/mol. The van der Waals surface area contributed by atoms with Gasteiger partial charge in [-0.2, -0.15) is 0 Å². The number of rotatable bonds is 5. The van der Waals surface area contributed by atoms with E-state index in [1.807, 2.05) is 30.3 Å². The maximum atomic E-state index is 12.7. The highest BCUT2D eigenvalue weighted by molar-refractivity contribution is 5.81. The summed E-state index contributed by atoms with van der Waals surface area (Å²) in [6.45, 7) is 5.30. The maximum absolute atomic E-state index is 12.7. The van der Waals surface area contributed by atoms with Crippen LogP contribution in [-0.2, 0) is 10.3 Å². The van der Waals surface area contributed by atoms with Crippen molar-refractivity contribution in [2.45, 2.75) is 44.1 Å². The molecule has 0 amide bonds. The van der Waals surface area contributed by atoms with Crippen LogP contribution in [0.15, 0.2) is 30.3 Å². The predicted octanol–water partition coefficient (Wildman–Crippen LogP) is 3.18. The van der Waals surface area contributed by atoms with Crippen LogP contribution in [0.2, 0.25) is 0 Å². The van der Waals surface area contributed by atoms with E-state index >= 15 is 0 Å². The third-order valence-electron chi connectivity index (χ3n) is 6.85. The van der Waals surface area contributed by atoms with Crippen LogP contribution in [0.25, 0.3) is 0 Å². The SMILES string of the molecule is O=C(O)[C@](C[C@H]1CN2CCC1CC2)(c1ccccc1)N1CCCCC1. The van der Waals surface area contributed by atoms with Crippen molar-refractivity contribution in [3.63, 3.8) is 0 Å². The highest BCUT2D eigenvalue weighted by atomic mass is 16.4. The molecule has 0 saturated carbocycles. The van der Waals surface area contributed by atoms with Gasteiger partial charge in [-0.25, -0.2) is 4.79 Å². The topological polar surface area (TPSA) is 43.8 Å². The number of fused-ring (bicyclic) bond motifs is 3. The van der Waals surface area contributed by atoms with E-state index in [1.54, 1.807) is 0 Å². The fraction of sp³-hybridized carbons (Fsp3) is 0.667. The van der Waals surface area contributed by atoms with E-state index in [9.17, 15) is 9.90 Å². The standard InChI is InChI=1S/C21H30N2O2/c24-20(25)21(19-7-3-1-4-8-19,23-11-5-2-6-12-23)15-18-16-22-13-9-17(18)10-14-22/h1,3-4,7-8,17-18H,2,5-6,9-16H2,(H,24,25)/t18-,21-/m0/s1. The Labute approximate surface area is 150 Å². The lowest BCUT2D eigenvalue weighted by Crippen LogP contribution is -2.57. The van der Waals surface area contributed by atoms with Gasteiger partial charge in [-0.15, -0.1) is 0 Å². The lowest BCUT2D eigenvalue weighted by molar-refractivity contribution is -0.156. The Balaban J connectivity index is 1.70. The normalized spacial score (nSPS) is 32.2. The molecule has 4 fully saturated rings. The van der Waals surface area contributed by atoms with Crippen molar-refractivity contribution in [2.24, 2.45) is 11.8 Å². The number of benzene rings is 1. The van der Waals surface area contributed by atoms with Crippen molar-refractivity contribution in [3.8, 4) is 0 Å². The number of carbonyl (C=O) groups is 1. The molecule has 0 spiro atoms. The van der Waals surface area contributed by atoms with Gasteiger partial charge in [0.05, 0.1) is 0 Å². The number of likely N-dealkylation sites (tertiary alicyclic amines) is 1. The smallest absolute Gasteiger partial charge is 0.328 e. The maximum Gasteiger partial charge on any atom is 0.328 e. The highest BCUT2D eigenvalue weighted by Gasteiger charge is 2.50. The number of aliphatic carboxylic acids is 1. The zero-order chi connectivity index (χ0) is 17.3. The third kappa shape index (κ3) is 3.11. The van der Waals surface area contributed by atoms with Crippen LogP contribution < -0.4 is 0 Å². The van der Waals surface area contributed by atoms with E-state index < -0.39 is 11.5 Å². The van der Waals surface area contributed by atoms with E-state index in [-0.39, 0.29) is 0 Å². The van der Waals surface area contributed by atoms with Crippen LogP contribution in [0.1, 0.15) is 44.1 Å². The Kier molecular flexibility index (Phi) is 4.83. The van der Waals surface area contributed by atoms with E-state index in [4.69, 9.17) is 0 Å². The molecule has 0 aromatic heterocycles. The fourth-order valence-electron chi connectivity index (χ4n) is 5.46. The van der Waals surface area contributed by atoms with Gasteiger partial charge in [-0.05, 0) is 75.7 Å². The van der Waals surface area contributed by atoms with Gasteiger partial charge < -0.3 is 10.0 Å². The van der Waals surface area contributed by atoms with Gasteiger partial charge in [0.15, 0.2) is 0 Å². The number of carboxylic acid groups (broad SMARTS) is 1. The summed E-state index contributed by atoms with van der Waals surface area (Å²) in [4.78, 5) is 17.6. The molecule has 0 aliphatic carbocycles. The zero-order valence-electron chi connectivity index (χ0n) is 15.1. The number of carboxylic acids is 1. The first-order valence-electron chi connectivity index (χ1n) is 9.96. The first-order valence-corrected chi connectivity index (χ1v) is 9.96. The summed E-state index contributed by atoms with van der Waals surface area (Å²) in [5, 5.41) is 10.5. The van der Waals surface area contributed by atoms with Crippen molar-refractivity contribution in [2.75, 3.05) is 32.7 Å². The van der Waals surface area contributed by atoms with Crippen LogP contribution in [0.4, 0.5) is 0 Å². The summed E-state index contributed by atoms with van der Waals surface area (Å²) in [5.74, 6) is 0.551. The first kappa shape index (κ1) is 17.0. The fourth-order valence-corrected chi connectivity index (χ4v) is 5.46. The number of nitrogens with zero attached hydrogens (tertiary/aromatic N) is 2. The van der Waals surface area contributed by atoms with Gasteiger partial charge in [-0.1, -0.05) is 36.8 Å². The van der Waals surface area contributed by atoms with Gasteiger partial charge in [0.25, 0.3) is 0 Å². The average Bonchev–Trinajstić information content (AvgIpc) is 2.68. The largest absolute Gasteiger partial charge is 0.480 e. The monoisotopic (exact) mass is 342 g/mol. The summed E-state index contributed by atoms with van der Waals surface area (Å²) in [6.07, 6.45) is 6.70. The number of piperidine rings is 4. The van der Waals surface area contributed by atoms with Crippen molar-refractivity contribution in [1.82, 2.24) is 9.80 Å². The molecular formula is C21H30N2O2. The van der Waals surface area contributed by atoms with Crippen molar-refractivity contribution < 1.29 is 9.90 Å². The molecule has 4 nitrogen and oxygen atoms in total. The molecule has 2 bridgehead atoms. The Hall–Kier alpha value is -1.39. The minimum Gasteiger partial charge on any atom is -0.480 e. The third-order valence-corrected chi connectivity index (χ3v) is 6.85. The lowest BCUT2D eigenvalue weighted by atomic mass is 9.70. The van der Waals surface area contributed by atoms with Crippen molar-refractivity contribution in [1.29, 1.82) is 0 Å². The van der Waals surface area contributed by atoms with E-state index in [1.165, 1.54) is 32.4 Å². The van der Waals surface area contributed by atoms with Gasteiger partial charge >= 0.3 is 5.97 Å². The van der Waals surface area contributed by atoms with E-state index in [0.717, 1.165) is 44.5 Å². The Bertz CT molecular complexity index is 591. The molecule has 5 rings (SSSR count). The summed E-state index contributed by atoms with van der Waals surface area (Å²) < 4.78 is 0. The molecule has 1 N–H and O–H groups in total. The van der Waals surface area contributed by atoms with Crippen molar-refractivity contribution >= 4 is 5.97 Å². The minimum absolute atomic E-state index is 0.501.